The molecular weight excluding hydrogens is 403 g/mol. The first kappa shape index (κ1) is 20.3. The van der Waals surface area contributed by atoms with Gasteiger partial charge in [0.05, 0.1) is 28.7 Å². The normalized spacial score (nSPS) is 11.2. The summed E-state index contributed by atoms with van der Waals surface area (Å²) in [4.78, 5) is 21.3. The number of amides is 1. The van der Waals surface area contributed by atoms with Crippen molar-refractivity contribution in [1.82, 2.24) is 25.1 Å². The number of benzene rings is 1. The zero-order valence-electron chi connectivity index (χ0n) is 15.7. The lowest BCUT2D eigenvalue weighted by Gasteiger charge is -2.11. The van der Waals surface area contributed by atoms with Gasteiger partial charge in [-0.15, -0.1) is 0 Å². The number of hydrogen-bond donors (Lipinski definition) is 2. The van der Waals surface area contributed by atoms with Crippen molar-refractivity contribution in [3.05, 3.63) is 40.8 Å². The molecule has 2 aromatic heterocycles. The lowest BCUT2D eigenvalue weighted by Crippen LogP contribution is -2.28. The third-order valence-electron chi connectivity index (χ3n) is 3.88. The third-order valence-corrected chi connectivity index (χ3v) is 4.75. The molecule has 0 radical (unpaired) electrons. The number of thioether (sulfide) groups is 1. The van der Waals surface area contributed by atoms with Gasteiger partial charge < -0.3 is 10.6 Å². The number of carbonyl (C=O) groups excluding carboxylic acids is 1. The predicted octanol–water partition coefficient (Wildman–Crippen LogP) is 3.59. The van der Waals surface area contributed by atoms with Crippen LogP contribution in [0.4, 0.5) is 10.2 Å². The van der Waals surface area contributed by atoms with E-state index in [1.165, 1.54) is 30.0 Å². The van der Waals surface area contributed by atoms with Crippen molar-refractivity contribution in [2.45, 2.75) is 31.6 Å². The van der Waals surface area contributed by atoms with Crippen LogP contribution in [0, 0.1) is 5.82 Å². The number of rotatable bonds is 7. The number of anilines is 1. The lowest BCUT2D eigenvalue weighted by molar-refractivity contribution is 0.0948. The van der Waals surface area contributed by atoms with Gasteiger partial charge in [-0.2, -0.15) is 5.10 Å². The second-order valence-electron chi connectivity index (χ2n) is 6.32. The number of nitrogens with zero attached hydrogens (tertiary/aromatic N) is 4. The van der Waals surface area contributed by atoms with E-state index >= 15 is 0 Å². The van der Waals surface area contributed by atoms with Crippen LogP contribution in [-0.2, 0) is 6.54 Å². The maximum atomic E-state index is 13.9. The molecule has 0 aliphatic heterocycles. The first-order valence-electron chi connectivity index (χ1n) is 8.67. The molecule has 1 amide bonds. The molecule has 7 nitrogen and oxygen atoms in total. The number of halogens is 2. The summed E-state index contributed by atoms with van der Waals surface area (Å²) in [6.07, 6.45) is 3.60. The lowest BCUT2D eigenvalue weighted by atomic mass is 10.2. The summed E-state index contributed by atoms with van der Waals surface area (Å²) in [5.74, 6) is -0.504. The molecule has 28 heavy (non-hydrogen) atoms. The van der Waals surface area contributed by atoms with Crippen LogP contribution in [-0.4, -0.2) is 44.5 Å². The van der Waals surface area contributed by atoms with Crippen LogP contribution in [0.25, 0.3) is 11.0 Å². The Bertz CT molecular complexity index is 989. The van der Waals surface area contributed by atoms with Gasteiger partial charge in [-0.25, -0.2) is 19.0 Å². The van der Waals surface area contributed by atoms with Crippen LogP contribution < -0.4 is 10.6 Å². The van der Waals surface area contributed by atoms with Crippen LogP contribution in [0.1, 0.15) is 24.2 Å². The molecule has 0 spiro atoms. The average molecular weight is 423 g/mol. The highest BCUT2D eigenvalue weighted by Crippen LogP contribution is 2.24. The Morgan fingerprint density at radius 2 is 2.14 bits per heavy atom. The van der Waals surface area contributed by atoms with E-state index in [1.807, 2.05) is 20.1 Å². The summed E-state index contributed by atoms with van der Waals surface area (Å²) in [6.45, 7) is 4.67. The largest absolute Gasteiger partial charge is 0.367 e. The number of fused-ring (bicyclic) bond motifs is 1. The molecule has 0 aliphatic carbocycles. The minimum absolute atomic E-state index is 0.0730. The maximum absolute atomic E-state index is 13.9. The van der Waals surface area contributed by atoms with Gasteiger partial charge in [0.2, 0.25) is 0 Å². The highest BCUT2D eigenvalue weighted by molar-refractivity contribution is 7.98. The summed E-state index contributed by atoms with van der Waals surface area (Å²) in [5.41, 5.74) is 0.505. The van der Waals surface area contributed by atoms with Gasteiger partial charge in [-0.3, -0.25) is 4.79 Å². The van der Waals surface area contributed by atoms with Gasteiger partial charge in [-0.05, 0) is 32.2 Å². The Balaban J connectivity index is 1.77. The monoisotopic (exact) mass is 422 g/mol. The standard InChI is InChI=1S/C18H20ClFN6OS/c1-10(2)23-15-11-9-22-26(16(11)25-18(24-15)28-3)8-7-21-17(27)14-12(19)5-4-6-13(14)20/h4-6,9-10H,7-8H2,1-3H3,(H,21,27)(H,23,24,25). The molecule has 0 unspecified atom stereocenters. The Hall–Kier alpha value is -2.39. The topological polar surface area (TPSA) is 84.7 Å². The van der Waals surface area contributed by atoms with Crippen molar-refractivity contribution in [3.8, 4) is 0 Å². The zero-order valence-corrected chi connectivity index (χ0v) is 17.2. The fourth-order valence-corrected chi connectivity index (χ4v) is 3.26. The fraction of sp³-hybridized carbons (Fsp3) is 0.333. The molecule has 2 heterocycles. The van der Waals surface area contributed by atoms with Crippen molar-refractivity contribution in [2.75, 3.05) is 18.1 Å². The summed E-state index contributed by atoms with van der Waals surface area (Å²) in [6, 6.07) is 4.34. The Morgan fingerprint density at radius 1 is 1.36 bits per heavy atom. The molecule has 3 aromatic rings. The number of hydrogen-bond acceptors (Lipinski definition) is 6. The second kappa shape index (κ2) is 8.74. The van der Waals surface area contributed by atoms with E-state index in [4.69, 9.17) is 11.6 Å². The summed E-state index contributed by atoms with van der Waals surface area (Å²) in [7, 11) is 0. The molecule has 3 rings (SSSR count). The van der Waals surface area contributed by atoms with Gasteiger partial charge >= 0.3 is 0 Å². The molecular formula is C18H20ClFN6OS. The molecule has 0 aliphatic rings. The van der Waals surface area contributed by atoms with Crippen LogP contribution in [0.2, 0.25) is 5.02 Å². The van der Waals surface area contributed by atoms with E-state index in [0.29, 0.717) is 17.3 Å². The molecule has 1 aromatic carbocycles. The van der Waals surface area contributed by atoms with E-state index in [-0.39, 0.29) is 23.2 Å². The van der Waals surface area contributed by atoms with Crippen LogP contribution in [0.3, 0.4) is 0 Å². The number of carbonyl (C=O) groups is 1. The molecule has 2 N–H and O–H groups in total. The van der Waals surface area contributed by atoms with Gasteiger partial charge in [-0.1, -0.05) is 29.4 Å². The minimum Gasteiger partial charge on any atom is -0.367 e. The van der Waals surface area contributed by atoms with Crippen LogP contribution in [0.5, 0.6) is 0 Å². The van der Waals surface area contributed by atoms with Crippen LogP contribution >= 0.6 is 23.4 Å². The van der Waals surface area contributed by atoms with Crippen molar-refractivity contribution in [1.29, 1.82) is 0 Å². The first-order chi connectivity index (χ1) is 13.4. The van der Waals surface area contributed by atoms with Gasteiger partial charge in [0, 0.05) is 12.6 Å². The van der Waals surface area contributed by atoms with Crippen molar-refractivity contribution < 1.29 is 9.18 Å². The predicted molar refractivity (Wildman–Crippen MR) is 110 cm³/mol. The number of aromatic nitrogens is 4. The van der Waals surface area contributed by atoms with Gasteiger partial charge in [0.1, 0.15) is 11.6 Å². The average Bonchev–Trinajstić information content (AvgIpc) is 3.04. The SMILES string of the molecule is CSc1nc(NC(C)C)c2cnn(CCNC(=O)c3c(F)cccc3Cl)c2n1. The fourth-order valence-electron chi connectivity index (χ4n) is 2.65. The third kappa shape index (κ3) is 4.36. The van der Waals surface area contributed by atoms with Crippen LogP contribution in [0.15, 0.2) is 29.6 Å². The Labute approximate surface area is 171 Å². The molecule has 0 saturated carbocycles. The molecule has 0 atom stereocenters. The van der Waals surface area contributed by atoms with E-state index in [0.717, 1.165) is 11.2 Å². The maximum Gasteiger partial charge on any atom is 0.255 e. The van der Waals surface area contributed by atoms with E-state index < -0.39 is 11.7 Å². The summed E-state index contributed by atoms with van der Waals surface area (Å²) in [5, 5.41) is 11.8. The highest BCUT2D eigenvalue weighted by atomic mass is 35.5. The Kier molecular flexibility index (Phi) is 6.35. The van der Waals surface area contributed by atoms with E-state index in [9.17, 15) is 9.18 Å². The van der Waals surface area contributed by atoms with Crippen molar-refractivity contribution >= 4 is 46.1 Å². The van der Waals surface area contributed by atoms with Gasteiger partial charge in [0.25, 0.3) is 5.91 Å². The van der Waals surface area contributed by atoms with E-state index in [2.05, 4.69) is 25.7 Å². The van der Waals surface area contributed by atoms with E-state index in [1.54, 1.807) is 10.9 Å². The quantitative estimate of drug-likeness (QED) is 0.447. The molecule has 0 saturated heterocycles. The van der Waals surface area contributed by atoms with Crippen molar-refractivity contribution in [2.24, 2.45) is 0 Å². The summed E-state index contributed by atoms with van der Waals surface area (Å²) >= 11 is 7.37. The molecule has 148 valence electrons. The highest BCUT2D eigenvalue weighted by Gasteiger charge is 2.16. The minimum atomic E-state index is -0.656. The van der Waals surface area contributed by atoms with Gasteiger partial charge in [0.15, 0.2) is 10.8 Å². The van der Waals surface area contributed by atoms with Crippen molar-refractivity contribution in [3.63, 3.8) is 0 Å². The molecule has 10 heteroatoms. The smallest absolute Gasteiger partial charge is 0.255 e. The second-order valence-corrected chi connectivity index (χ2v) is 7.50. The number of nitrogens with one attached hydrogen (secondary N) is 2. The zero-order chi connectivity index (χ0) is 20.3. The molecule has 0 fully saturated rings. The summed E-state index contributed by atoms with van der Waals surface area (Å²) < 4.78 is 15.5. The first-order valence-corrected chi connectivity index (χ1v) is 10.3. The molecule has 0 bridgehead atoms. The Morgan fingerprint density at radius 3 is 2.82 bits per heavy atom.